The highest BCUT2D eigenvalue weighted by Gasteiger charge is 2.41. The second-order valence-corrected chi connectivity index (χ2v) is 6.15. The van der Waals surface area contributed by atoms with Gasteiger partial charge in [-0.25, -0.2) is 0 Å². The first-order valence-electron chi connectivity index (χ1n) is 6.86. The van der Waals surface area contributed by atoms with E-state index in [1.807, 2.05) is 0 Å². The zero-order valence-corrected chi connectivity index (χ0v) is 12.0. The molecule has 1 aromatic rings. The zero-order chi connectivity index (χ0) is 13.2. The van der Waals surface area contributed by atoms with Gasteiger partial charge < -0.3 is 10.1 Å². The Hall–Kier alpha value is -0.910. The lowest BCUT2D eigenvalue weighted by Crippen LogP contribution is -2.52. The second kappa shape index (κ2) is 5.61. The monoisotopic (exact) mass is 280 g/mol. The van der Waals surface area contributed by atoms with Crippen LogP contribution in [-0.2, 0) is 16.1 Å². The van der Waals surface area contributed by atoms with Crippen molar-refractivity contribution in [1.29, 1.82) is 0 Å². The summed E-state index contributed by atoms with van der Waals surface area (Å²) in [6.45, 7) is 2.61. The van der Waals surface area contributed by atoms with Crippen LogP contribution in [0, 0.1) is 5.92 Å². The molecule has 5 heteroatoms. The topological polar surface area (TPSA) is 41.6 Å². The first-order valence-corrected chi connectivity index (χ1v) is 7.80. The van der Waals surface area contributed by atoms with Crippen LogP contribution < -0.4 is 5.32 Å². The van der Waals surface area contributed by atoms with Crippen molar-refractivity contribution < 1.29 is 9.53 Å². The highest BCUT2D eigenvalue weighted by Crippen LogP contribution is 2.32. The first-order chi connectivity index (χ1) is 9.28. The summed E-state index contributed by atoms with van der Waals surface area (Å²) in [5.74, 6) is 0.201. The van der Waals surface area contributed by atoms with E-state index in [4.69, 9.17) is 4.74 Å². The summed E-state index contributed by atoms with van der Waals surface area (Å²) in [6, 6.07) is 2.65. The SMILES string of the molecule is CNC(=O)[C@@H]1C[C@@H]2OCC[C@@H]2N(Cc2ccsc2)C1. The summed E-state index contributed by atoms with van der Waals surface area (Å²) >= 11 is 1.73. The molecule has 3 rings (SSSR count). The van der Waals surface area contributed by atoms with E-state index in [1.54, 1.807) is 18.4 Å². The fourth-order valence-corrected chi connectivity index (χ4v) is 3.91. The predicted octanol–water partition coefficient (Wildman–Crippen LogP) is 1.47. The Kier molecular flexibility index (Phi) is 3.86. The standard InChI is InChI=1S/C14H20N2O2S/c1-15-14(17)11-6-13-12(2-4-18-13)16(8-11)7-10-3-5-19-9-10/h3,5,9,11-13H,2,4,6-8H2,1H3,(H,15,17)/t11-,12+,13+/m1/s1. The van der Waals surface area contributed by atoms with Crippen LogP contribution in [0.2, 0.25) is 0 Å². The molecule has 2 fully saturated rings. The third-order valence-electron chi connectivity index (χ3n) is 4.20. The van der Waals surface area contributed by atoms with Gasteiger partial charge in [-0.2, -0.15) is 11.3 Å². The quantitative estimate of drug-likeness (QED) is 0.912. The first kappa shape index (κ1) is 13.1. The van der Waals surface area contributed by atoms with Crippen molar-refractivity contribution in [3.05, 3.63) is 22.4 Å². The maximum Gasteiger partial charge on any atom is 0.224 e. The number of ether oxygens (including phenoxy) is 1. The average Bonchev–Trinajstić information content (AvgIpc) is 3.08. The number of nitrogens with one attached hydrogen (secondary N) is 1. The molecule has 3 atom stereocenters. The van der Waals surface area contributed by atoms with Gasteiger partial charge in [0.25, 0.3) is 0 Å². The largest absolute Gasteiger partial charge is 0.377 e. The smallest absolute Gasteiger partial charge is 0.224 e. The van der Waals surface area contributed by atoms with Crippen LogP contribution in [0.3, 0.4) is 0 Å². The number of carbonyl (C=O) groups excluding carboxylic acids is 1. The molecule has 4 nitrogen and oxygen atoms in total. The van der Waals surface area contributed by atoms with E-state index in [0.717, 1.165) is 32.5 Å². The van der Waals surface area contributed by atoms with Crippen molar-refractivity contribution in [2.24, 2.45) is 5.92 Å². The van der Waals surface area contributed by atoms with Gasteiger partial charge in [-0.15, -0.1) is 0 Å². The molecule has 2 saturated heterocycles. The fraction of sp³-hybridized carbons (Fsp3) is 0.643. The van der Waals surface area contributed by atoms with Gasteiger partial charge in [0, 0.05) is 32.8 Å². The van der Waals surface area contributed by atoms with E-state index >= 15 is 0 Å². The van der Waals surface area contributed by atoms with Gasteiger partial charge in [0.05, 0.1) is 12.0 Å². The number of rotatable bonds is 3. The molecule has 0 unspecified atom stereocenters. The number of fused-ring (bicyclic) bond motifs is 1. The van der Waals surface area contributed by atoms with Gasteiger partial charge in [-0.05, 0) is 35.2 Å². The Morgan fingerprint density at radius 2 is 2.53 bits per heavy atom. The zero-order valence-electron chi connectivity index (χ0n) is 11.2. The Morgan fingerprint density at radius 1 is 1.63 bits per heavy atom. The normalized spacial score (nSPS) is 31.1. The fourth-order valence-electron chi connectivity index (χ4n) is 3.25. The lowest BCUT2D eigenvalue weighted by Gasteiger charge is -2.40. The predicted molar refractivity (Wildman–Crippen MR) is 75.0 cm³/mol. The van der Waals surface area contributed by atoms with Crippen LogP contribution >= 0.6 is 11.3 Å². The Labute approximate surface area is 117 Å². The third kappa shape index (κ3) is 2.68. The summed E-state index contributed by atoms with van der Waals surface area (Å²) in [4.78, 5) is 14.3. The lowest BCUT2D eigenvalue weighted by atomic mass is 9.89. The van der Waals surface area contributed by atoms with Crippen LogP contribution in [0.25, 0.3) is 0 Å². The van der Waals surface area contributed by atoms with E-state index in [2.05, 4.69) is 27.0 Å². The van der Waals surface area contributed by atoms with Crippen LogP contribution in [-0.4, -0.2) is 43.2 Å². The molecule has 19 heavy (non-hydrogen) atoms. The van der Waals surface area contributed by atoms with Crippen LogP contribution in [0.15, 0.2) is 16.8 Å². The summed E-state index contributed by atoms with van der Waals surface area (Å²) < 4.78 is 5.81. The van der Waals surface area contributed by atoms with Gasteiger partial charge in [-0.3, -0.25) is 9.69 Å². The molecule has 1 aromatic heterocycles. The highest BCUT2D eigenvalue weighted by atomic mass is 32.1. The summed E-state index contributed by atoms with van der Waals surface area (Å²) in [5.41, 5.74) is 1.34. The van der Waals surface area contributed by atoms with Gasteiger partial charge in [-0.1, -0.05) is 0 Å². The van der Waals surface area contributed by atoms with Gasteiger partial charge in [0.15, 0.2) is 0 Å². The highest BCUT2D eigenvalue weighted by molar-refractivity contribution is 7.07. The molecule has 0 spiro atoms. The van der Waals surface area contributed by atoms with Gasteiger partial charge in [0.1, 0.15) is 0 Å². The molecular weight excluding hydrogens is 260 g/mol. The van der Waals surface area contributed by atoms with Gasteiger partial charge in [0.2, 0.25) is 5.91 Å². The molecule has 0 bridgehead atoms. The van der Waals surface area contributed by atoms with Crippen molar-refractivity contribution in [3.63, 3.8) is 0 Å². The molecule has 1 amide bonds. The number of hydrogen-bond acceptors (Lipinski definition) is 4. The molecule has 0 radical (unpaired) electrons. The minimum atomic E-state index is 0.0583. The third-order valence-corrected chi connectivity index (χ3v) is 4.93. The molecule has 2 aliphatic rings. The Morgan fingerprint density at radius 3 is 3.26 bits per heavy atom. The van der Waals surface area contributed by atoms with E-state index in [1.165, 1.54) is 5.56 Å². The minimum absolute atomic E-state index is 0.0583. The van der Waals surface area contributed by atoms with E-state index in [9.17, 15) is 4.79 Å². The number of carbonyl (C=O) groups is 1. The summed E-state index contributed by atoms with van der Waals surface area (Å²) in [5, 5.41) is 7.07. The maximum atomic E-state index is 11.9. The molecule has 3 heterocycles. The molecule has 0 aliphatic carbocycles. The second-order valence-electron chi connectivity index (χ2n) is 5.37. The summed E-state index contributed by atoms with van der Waals surface area (Å²) in [7, 11) is 1.72. The number of thiophene rings is 1. The van der Waals surface area contributed by atoms with Crippen LogP contribution in [0.5, 0.6) is 0 Å². The van der Waals surface area contributed by atoms with E-state index < -0.39 is 0 Å². The van der Waals surface area contributed by atoms with Crippen LogP contribution in [0.4, 0.5) is 0 Å². The van der Waals surface area contributed by atoms with Gasteiger partial charge >= 0.3 is 0 Å². The number of likely N-dealkylation sites (tertiary alicyclic amines) is 1. The van der Waals surface area contributed by atoms with Crippen molar-refractivity contribution in [2.45, 2.75) is 31.5 Å². The number of amides is 1. The lowest BCUT2D eigenvalue weighted by molar-refractivity contribution is -0.129. The number of piperidine rings is 1. The van der Waals surface area contributed by atoms with E-state index in [-0.39, 0.29) is 17.9 Å². The van der Waals surface area contributed by atoms with Crippen molar-refractivity contribution in [1.82, 2.24) is 10.2 Å². The minimum Gasteiger partial charge on any atom is -0.377 e. The number of hydrogen-bond donors (Lipinski definition) is 1. The molecule has 1 N–H and O–H groups in total. The molecule has 0 aromatic carbocycles. The van der Waals surface area contributed by atoms with E-state index in [0.29, 0.717) is 6.04 Å². The Bertz CT molecular complexity index is 435. The molecule has 104 valence electrons. The summed E-state index contributed by atoms with van der Waals surface area (Å²) in [6.07, 6.45) is 2.19. The number of nitrogens with zero attached hydrogens (tertiary/aromatic N) is 1. The van der Waals surface area contributed by atoms with Crippen molar-refractivity contribution >= 4 is 17.2 Å². The molecule has 0 saturated carbocycles. The molecular formula is C14H20N2O2S. The van der Waals surface area contributed by atoms with Crippen molar-refractivity contribution in [3.8, 4) is 0 Å². The molecule has 2 aliphatic heterocycles. The average molecular weight is 280 g/mol. The van der Waals surface area contributed by atoms with Crippen LogP contribution in [0.1, 0.15) is 18.4 Å². The maximum absolute atomic E-state index is 11.9. The Balaban J connectivity index is 1.74. The van der Waals surface area contributed by atoms with Crippen molar-refractivity contribution in [2.75, 3.05) is 20.2 Å².